The van der Waals surface area contributed by atoms with Gasteiger partial charge in [0.15, 0.2) is 0 Å². The van der Waals surface area contributed by atoms with Crippen LogP contribution in [0.3, 0.4) is 0 Å². The van der Waals surface area contributed by atoms with Gasteiger partial charge in [-0.05, 0) is 50.3 Å². The molecule has 2 aromatic rings. The molecule has 0 unspecified atom stereocenters. The molecule has 6 heteroatoms. The maximum atomic E-state index is 12.1. The Bertz CT molecular complexity index is 826. The Morgan fingerprint density at radius 2 is 1.59 bits per heavy atom. The second-order valence-electron chi connectivity index (χ2n) is 7.72. The van der Waals surface area contributed by atoms with Gasteiger partial charge in [-0.3, -0.25) is 0 Å². The number of hydrogen-bond acceptors (Lipinski definition) is 3. The zero-order valence-corrected chi connectivity index (χ0v) is 16.6. The van der Waals surface area contributed by atoms with Crippen molar-refractivity contribution in [1.29, 1.82) is 0 Å². The van der Waals surface area contributed by atoms with E-state index in [9.17, 15) is 9.59 Å². The number of carboxylic acid groups (broad SMARTS) is 1. The number of hydrogen-bond donors (Lipinski definition) is 2. The van der Waals surface area contributed by atoms with Gasteiger partial charge < -0.3 is 15.2 Å². The molecule has 5 nitrogen and oxygen atoms in total. The van der Waals surface area contributed by atoms with Crippen molar-refractivity contribution in [3.63, 3.8) is 0 Å². The summed E-state index contributed by atoms with van der Waals surface area (Å²) in [6, 6.07) is 17.6. The van der Waals surface area contributed by atoms with Crippen LogP contribution in [0.1, 0.15) is 32.8 Å². The van der Waals surface area contributed by atoms with Crippen LogP contribution in [0.5, 0.6) is 0 Å². The van der Waals surface area contributed by atoms with Gasteiger partial charge in [-0.1, -0.05) is 61.2 Å². The van der Waals surface area contributed by atoms with E-state index >= 15 is 0 Å². The maximum absolute atomic E-state index is 12.1. The van der Waals surface area contributed by atoms with E-state index in [0.29, 0.717) is 6.42 Å². The Hall–Kier alpha value is -1.44. The van der Waals surface area contributed by atoms with E-state index in [1.54, 1.807) is 20.8 Å². The molecule has 0 aromatic heterocycles. The third-order valence-corrected chi connectivity index (χ3v) is 4.06. The van der Waals surface area contributed by atoms with Crippen LogP contribution in [-0.4, -0.2) is 80.2 Å². The van der Waals surface area contributed by atoms with Crippen molar-refractivity contribution >= 4 is 63.4 Å². The van der Waals surface area contributed by atoms with Gasteiger partial charge >= 0.3 is 63.4 Å². The third kappa shape index (κ3) is 9.27. The summed E-state index contributed by atoms with van der Waals surface area (Å²) in [5.41, 5.74) is 2.61. The number of ether oxygens (including phenoxy) is 1. The van der Waals surface area contributed by atoms with Gasteiger partial charge in [-0.2, -0.15) is 0 Å². The molecule has 1 atom stereocenters. The van der Waals surface area contributed by atoms with Crippen LogP contribution in [0.25, 0.3) is 11.1 Å². The molecule has 0 spiro atoms. The molecule has 0 heterocycles. The molecule has 0 saturated carbocycles. The summed E-state index contributed by atoms with van der Waals surface area (Å²) in [7, 11) is 0. The number of rotatable bonds is 7. The minimum absolute atomic E-state index is 0. The van der Waals surface area contributed by atoms with Gasteiger partial charge in [0.05, 0.1) is 0 Å². The van der Waals surface area contributed by atoms with Crippen molar-refractivity contribution in [2.45, 2.75) is 45.3 Å². The van der Waals surface area contributed by atoms with Gasteiger partial charge in [-0.15, -0.1) is 0 Å². The molecule has 0 aliphatic carbocycles. The van der Waals surface area contributed by atoms with Crippen molar-refractivity contribution in [3.05, 3.63) is 72.3 Å². The molecule has 2 N–H and O–H groups in total. The first-order chi connectivity index (χ1) is 13.1. The molecular weight excluding hydrogens is 393 g/mol. The molecule has 0 aliphatic heterocycles. The van der Waals surface area contributed by atoms with Crippen molar-refractivity contribution in [2.24, 2.45) is 0 Å². The van der Waals surface area contributed by atoms with Crippen molar-refractivity contribution < 1.29 is 19.4 Å². The normalized spacial score (nSPS) is 11.7. The number of alkyl carbamates (subject to hydrolysis) is 1. The molecule has 0 fully saturated rings. The monoisotopic (exact) mass is 421 g/mol. The van der Waals surface area contributed by atoms with Crippen molar-refractivity contribution in [3.8, 4) is 11.1 Å². The number of nitrogens with one attached hydrogen (secondary N) is 1. The number of carbonyl (C=O) groups is 2. The SMILES string of the molecule is C=C(C[C@@H](Cc1ccc(-c2ccccc2)cc1)NC(=O)OC(C)(C)C)C(=O)O.[KH]. The molecule has 0 bridgehead atoms. The second-order valence-corrected chi connectivity index (χ2v) is 7.72. The molecule has 0 aliphatic rings. The van der Waals surface area contributed by atoms with Gasteiger partial charge in [0.1, 0.15) is 5.60 Å². The van der Waals surface area contributed by atoms with Gasteiger partial charge in [0, 0.05) is 11.6 Å². The first-order valence-corrected chi connectivity index (χ1v) is 9.19. The van der Waals surface area contributed by atoms with E-state index in [1.807, 2.05) is 54.6 Å². The van der Waals surface area contributed by atoms with Crippen LogP contribution in [0.2, 0.25) is 0 Å². The average molecular weight is 422 g/mol. The average Bonchev–Trinajstić information content (AvgIpc) is 2.61. The van der Waals surface area contributed by atoms with Crippen LogP contribution in [-0.2, 0) is 16.0 Å². The number of carboxylic acids is 1. The molecule has 150 valence electrons. The van der Waals surface area contributed by atoms with Gasteiger partial charge in [-0.25, -0.2) is 9.59 Å². The fourth-order valence-corrected chi connectivity index (χ4v) is 2.78. The Kier molecular flexibility index (Phi) is 10.3. The third-order valence-electron chi connectivity index (χ3n) is 4.06. The Balaban J connectivity index is 0.00000420. The summed E-state index contributed by atoms with van der Waals surface area (Å²) in [5.74, 6) is -1.07. The molecule has 2 aromatic carbocycles. The predicted molar refractivity (Wildman–Crippen MR) is 117 cm³/mol. The van der Waals surface area contributed by atoms with Crippen LogP contribution >= 0.6 is 0 Å². The van der Waals surface area contributed by atoms with E-state index in [4.69, 9.17) is 9.84 Å². The van der Waals surface area contributed by atoms with Crippen molar-refractivity contribution in [2.75, 3.05) is 0 Å². The zero-order valence-electron chi connectivity index (χ0n) is 16.6. The summed E-state index contributed by atoms with van der Waals surface area (Å²) in [4.78, 5) is 23.3. The number of aliphatic carboxylic acids is 1. The quantitative estimate of drug-likeness (QED) is 0.520. The minimum atomic E-state index is -1.07. The van der Waals surface area contributed by atoms with E-state index < -0.39 is 23.7 Å². The number of benzene rings is 2. The standard InChI is InChI=1S/C23H27NO4.K.H/c1-16(21(25)26)14-20(24-22(27)28-23(2,3)4)15-17-10-12-19(13-11-17)18-8-6-5-7-9-18;;/h5-13,20H,1,14-15H2,2-4H3,(H,24,27)(H,25,26);;/t20-;;/m0../s1. The van der Waals surface area contributed by atoms with E-state index in [1.165, 1.54) is 0 Å². The van der Waals surface area contributed by atoms with E-state index in [2.05, 4.69) is 11.9 Å². The van der Waals surface area contributed by atoms with Crippen LogP contribution < -0.4 is 5.32 Å². The van der Waals surface area contributed by atoms with E-state index in [0.717, 1.165) is 16.7 Å². The molecular formula is C23H28KNO4. The Morgan fingerprint density at radius 3 is 2.10 bits per heavy atom. The number of carbonyl (C=O) groups excluding carboxylic acids is 1. The summed E-state index contributed by atoms with van der Waals surface area (Å²) in [6.45, 7) is 8.91. The molecule has 0 radical (unpaired) electrons. The summed E-state index contributed by atoms with van der Waals surface area (Å²) in [6.07, 6.45) is 0.0342. The first kappa shape index (κ1) is 25.6. The Labute approximate surface area is 215 Å². The zero-order chi connectivity index (χ0) is 20.7. The fourth-order valence-electron chi connectivity index (χ4n) is 2.78. The second kappa shape index (κ2) is 11.7. The van der Waals surface area contributed by atoms with E-state index in [-0.39, 0.29) is 63.4 Å². The van der Waals surface area contributed by atoms with Crippen LogP contribution in [0, 0.1) is 0 Å². The fraction of sp³-hybridized carbons (Fsp3) is 0.304. The number of amides is 1. The summed E-state index contributed by atoms with van der Waals surface area (Å²) < 4.78 is 5.30. The van der Waals surface area contributed by atoms with Gasteiger partial charge in [0.25, 0.3) is 0 Å². The molecule has 29 heavy (non-hydrogen) atoms. The predicted octanol–water partition coefficient (Wildman–Crippen LogP) is 4.17. The Morgan fingerprint density at radius 1 is 1.03 bits per heavy atom. The van der Waals surface area contributed by atoms with Crippen LogP contribution in [0.15, 0.2) is 66.7 Å². The summed E-state index contributed by atoms with van der Waals surface area (Å²) >= 11 is 0. The summed E-state index contributed by atoms with van der Waals surface area (Å²) in [5, 5.41) is 11.9. The van der Waals surface area contributed by atoms with Crippen LogP contribution in [0.4, 0.5) is 4.79 Å². The molecule has 1 amide bonds. The molecule has 0 saturated heterocycles. The topological polar surface area (TPSA) is 75.6 Å². The van der Waals surface area contributed by atoms with Gasteiger partial charge in [0.2, 0.25) is 0 Å². The molecule has 2 rings (SSSR count). The van der Waals surface area contributed by atoms with Crippen molar-refractivity contribution in [1.82, 2.24) is 5.32 Å². The first-order valence-electron chi connectivity index (χ1n) is 9.19.